The minimum atomic E-state index is -0.922. The summed E-state index contributed by atoms with van der Waals surface area (Å²) >= 11 is 0.799. The largest absolute Gasteiger partial charge is 0.465 e. The van der Waals surface area contributed by atoms with Crippen molar-refractivity contribution in [3.05, 3.63) is 28.6 Å². The molecule has 0 atom stereocenters. The van der Waals surface area contributed by atoms with E-state index in [2.05, 4.69) is 4.99 Å². The van der Waals surface area contributed by atoms with Crippen molar-refractivity contribution in [1.29, 1.82) is 0 Å². The van der Waals surface area contributed by atoms with E-state index in [-0.39, 0.29) is 34.5 Å². The molecule has 1 saturated heterocycles. The molecular formula is C17H15F2N3O5S. The Morgan fingerprint density at radius 1 is 1.18 bits per heavy atom. The molecule has 0 N–H and O–H groups in total. The van der Waals surface area contributed by atoms with Crippen molar-refractivity contribution in [3.8, 4) is 0 Å². The number of ether oxygens (including phenoxy) is 1. The van der Waals surface area contributed by atoms with Crippen LogP contribution >= 0.6 is 11.3 Å². The van der Waals surface area contributed by atoms with Crippen molar-refractivity contribution in [2.24, 2.45) is 4.99 Å². The molecule has 1 aliphatic rings. The number of nitrogens with zero attached hydrogens (tertiary/aromatic N) is 3. The number of carbonyl (C=O) groups excluding carboxylic acids is 4. The lowest BCUT2D eigenvalue weighted by Gasteiger charge is -2.10. The molecule has 2 heterocycles. The number of rotatable bonds is 5. The zero-order valence-corrected chi connectivity index (χ0v) is 15.6. The number of fused-ring (bicyclic) bond motifs is 1. The second-order valence-electron chi connectivity index (χ2n) is 5.89. The summed E-state index contributed by atoms with van der Waals surface area (Å²) in [5.74, 6) is -4.21. The van der Waals surface area contributed by atoms with Crippen LogP contribution in [0.25, 0.3) is 10.2 Å². The lowest BCUT2D eigenvalue weighted by Crippen LogP contribution is -2.34. The van der Waals surface area contributed by atoms with Crippen molar-refractivity contribution < 1.29 is 32.7 Å². The molecule has 0 radical (unpaired) electrons. The zero-order chi connectivity index (χ0) is 20.4. The molecule has 3 rings (SSSR count). The maximum absolute atomic E-state index is 14.3. The summed E-state index contributed by atoms with van der Waals surface area (Å²) < 4.78 is 33.9. The number of benzene rings is 1. The van der Waals surface area contributed by atoms with Gasteiger partial charge in [-0.1, -0.05) is 11.3 Å². The van der Waals surface area contributed by atoms with E-state index in [1.54, 1.807) is 6.92 Å². The molecule has 3 amide bonds. The van der Waals surface area contributed by atoms with E-state index < -0.39 is 48.4 Å². The molecule has 2 aromatic rings. The number of thiazole rings is 1. The number of hydrogen-bond donors (Lipinski definition) is 0. The molecule has 8 nitrogen and oxygen atoms in total. The number of hydrogen-bond acceptors (Lipinski definition) is 6. The summed E-state index contributed by atoms with van der Waals surface area (Å²) in [6, 6.07) is 1.71. The third-order valence-corrected chi connectivity index (χ3v) is 4.98. The highest BCUT2D eigenvalue weighted by Gasteiger charge is 2.30. The lowest BCUT2D eigenvalue weighted by molar-refractivity contribution is -0.144. The Balaban J connectivity index is 2.03. The summed E-state index contributed by atoms with van der Waals surface area (Å²) in [5.41, 5.74) is -0.0978. The number of likely N-dealkylation sites (tertiary alicyclic amines) is 1. The van der Waals surface area contributed by atoms with Crippen molar-refractivity contribution >= 4 is 45.2 Å². The Morgan fingerprint density at radius 2 is 1.86 bits per heavy atom. The average molecular weight is 411 g/mol. The van der Waals surface area contributed by atoms with Gasteiger partial charge in [0, 0.05) is 18.9 Å². The van der Waals surface area contributed by atoms with Crippen LogP contribution in [0.3, 0.4) is 0 Å². The fourth-order valence-corrected chi connectivity index (χ4v) is 3.86. The number of imide groups is 1. The molecule has 148 valence electrons. The Bertz CT molecular complexity index is 1040. The standard InChI is InChI=1S/C17H15F2N3O5S/c1-2-27-15(26)8-22-16-10(19)5-9(18)6-11(16)28-17(22)20-12(23)7-21-13(24)3-4-14(21)25/h5-6H,2-4,7-8H2,1H3. The van der Waals surface area contributed by atoms with Gasteiger partial charge in [-0.15, -0.1) is 0 Å². The van der Waals surface area contributed by atoms with Crippen molar-refractivity contribution in [2.45, 2.75) is 26.3 Å². The highest BCUT2D eigenvalue weighted by Crippen LogP contribution is 2.22. The smallest absolute Gasteiger partial charge is 0.326 e. The molecule has 0 saturated carbocycles. The predicted octanol–water partition coefficient (Wildman–Crippen LogP) is 1.12. The maximum atomic E-state index is 14.3. The van der Waals surface area contributed by atoms with Gasteiger partial charge in [-0.3, -0.25) is 24.1 Å². The molecule has 1 aromatic heterocycles. The number of carbonyl (C=O) groups is 4. The third-order valence-electron chi connectivity index (χ3n) is 3.96. The number of esters is 1. The highest BCUT2D eigenvalue weighted by atomic mass is 32.1. The van der Waals surface area contributed by atoms with Crippen LogP contribution in [0.5, 0.6) is 0 Å². The predicted molar refractivity (Wildman–Crippen MR) is 92.9 cm³/mol. The monoisotopic (exact) mass is 411 g/mol. The van der Waals surface area contributed by atoms with Gasteiger partial charge in [0.15, 0.2) is 10.6 Å². The SMILES string of the molecule is CCOC(=O)Cn1c(=NC(=O)CN2C(=O)CCC2=O)sc2cc(F)cc(F)c21. The molecule has 1 aliphatic heterocycles. The number of aromatic nitrogens is 1. The third kappa shape index (κ3) is 3.98. The summed E-state index contributed by atoms with van der Waals surface area (Å²) in [6.07, 6.45) is 0.0602. The summed E-state index contributed by atoms with van der Waals surface area (Å²) in [5, 5.41) is 0. The van der Waals surface area contributed by atoms with Crippen molar-refractivity contribution in [2.75, 3.05) is 13.2 Å². The van der Waals surface area contributed by atoms with Crippen LogP contribution in [0.4, 0.5) is 8.78 Å². The fourth-order valence-electron chi connectivity index (χ4n) is 2.77. The van der Waals surface area contributed by atoms with Crippen LogP contribution < -0.4 is 4.80 Å². The van der Waals surface area contributed by atoms with Crippen LogP contribution in [0.15, 0.2) is 17.1 Å². The molecule has 0 aliphatic carbocycles. The molecule has 0 bridgehead atoms. The Kier molecular flexibility index (Phi) is 5.63. The van der Waals surface area contributed by atoms with Crippen molar-refractivity contribution in [3.63, 3.8) is 0 Å². The molecule has 28 heavy (non-hydrogen) atoms. The van der Waals surface area contributed by atoms with Gasteiger partial charge in [0.1, 0.15) is 18.9 Å². The van der Waals surface area contributed by atoms with E-state index in [9.17, 15) is 28.0 Å². The van der Waals surface area contributed by atoms with Crippen LogP contribution in [0, 0.1) is 11.6 Å². The van der Waals surface area contributed by atoms with Crippen molar-refractivity contribution in [1.82, 2.24) is 9.47 Å². The first-order chi connectivity index (χ1) is 13.3. The molecule has 0 unspecified atom stereocenters. The first-order valence-electron chi connectivity index (χ1n) is 8.35. The Hall–Kier alpha value is -2.95. The minimum Gasteiger partial charge on any atom is -0.465 e. The van der Waals surface area contributed by atoms with Gasteiger partial charge >= 0.3 is 5.97 Å². The van der Waals surface area contributed by atoms with Gasteiger partial charge in [0.2, 0.25) is 11.8 Å². The van der Waals surface area contributed by atoms with E-state index in [0.717, 1.165) is 26.9 Å². The van der Waals surface area contributed by atoms with E-state index in [4.69, 9.17) is 4.74 Å². The fraction of sp³-hybridized carbons (Fsp3) is 0.353. The van der Waals surface area contributed by atoms with Crippen LogP contribution in [0.1, 0.15) is 19.8 Å². The second-order valence-corrected chi connectivity index (χ2v) is 6.90. The van der Waals surface area contributed by atoms with Gasteiger partial charge in [0.25, 0.3) is 5.91 Å². The first kappa shape index (κ1) is 19.8. The number of amides is 3. The molecule has 11 heteroatoms. The molecule has 0 spiro atoms. The topological polar surface area (TPSA) is 98.0 Å². The zero-order valence-electron chi connectivity index (χ0n) is 14.7. The van der Waals surface area contributed by atoms with Crippen LogP contribution in [-0.4, -0.2) is 46.3 Å². The van der Waals surface area contributed by atoms with E-state index >= 15 is 0 Å². The van der Waals surface area contributed by atoms with Gasteiger partial charge < -0.3 is 9.30 Å². The number of halogens is 2. The minimum absolute atomic E-state index is 0.0301. The highest BCUT2D eigenvalue weighted by molar-refractivity contribution is 7.16. The Labute approximate surface area is 161 Å². The average Bonchev–Trinajstić information content (AvgIpc) is 3.09. The lowest BCUT2D eigenvalue weighted by atomic mass is 10.3. The van der Waals surface area contributed by atoms with Gasteiger partial charge in [-0.2, -0.15) is 4.99 Å². The van der Waals surface area contributed by atoms with E-state index in [0.29, 0.717) is 6.07 Å². The molecule has 1 aromatic carbocycles. The normalized spacial score (nSPS) is 15.0. The van der Waals surface area contributed by atoms with Gasteiger partial charge in [0.05, 0.1) is 16.8 Å². The second kappa shape index (κ2) is 7.97. The maximum Gasteiger partial charge on any atom is 0.326 e. The molecular weight excluding hydrogens is 396 g/mol. The Morgan fingerprint density at radius 3 is 2.50 bits per heavy atom. The summed E-state index contributed by atoms with van der Waals surface area (Å²) in [6.45, 7) is 0.707. The van der Waals surface area contributed by atoms with Crippen LogP contribution in [0.2, 0.25) is 0 Å². The first-order valence-corrected chi connectivity index (χ1v) is 9.16. The molecule has 1 fully saturated rings. The summed E-state index contributed by atoms with van der Waals surface area (Å²) in [4.78, 5) is 51.9. The van der Waals surface area contributed by atoms with Gasteiger partial charge in [-0.05, 0) is 13.0 Å². The summed E-state index contributed by atoms with van der Waals surface area (Å²) in [7, 11) is 0. The quantitative estimate of drug-likeness (QED) is 0.543. The van der Waals surface area contributed by atoms with E-state index in [1.165, 1.54) is 0 Å². The van der Waals surface area contributed by atoms with Crippen LogP contribution in [-0.2, 0) is 30.5 Å². The van der Waals surface area contributed by atoms with E-state index in [1.807, 2.05) is 0 Å². The van der Waals surface area contributed by atoms with Gasteiger partial charge in [-0.25, -0.2) is 8.78 Å².